The quantitative estimate of drug-likeness (QED) is 0.140. The molecule has 2 amide bonds. The number of hydrogen-bond donors (Lipinski definition) is 3. The first-order valence-corrected chi connectivity index (χ1v) is 17.7. The number of nitrogens with one attached hydrogen (secondary N) is 2. The van der Waals surface area contributed by atoms with Crippen LogP contribution in [0, 0.1) is 11.6 Å². The number of carbonyl (C=O) groups is 1. The second-order valence-electron chi connectivity index (χ2n) is 11.6. The molecule has 3 heterocycles. The number of halogens is 5. The molecule has 1 aliphatic rings. The average Bonchev–Trinajstić information content (AvgIpc) is 3.32. The average molecular weight is 646 g/mol. The van der Waals surface area contributed by atoms with Gasteiger partial charge >= 0.3 is 12.2 Å². The second-order valence-corrected chi connectivity index (χ2v) is 17.3. The van der Waals surface area contributed by atoms with E-state index in [0.717, 1.165) is 30.4 Å². The third-order valence-electron chi connectivity index (χ3n) is 6.79. The van der Waals surface area contributed by atoms with Crippen molar-refractivity contribution in [3.63, 3.8) is 0 Å². The maximum Gasteiger partial charge on any atom is 0.418 e. The fourth-order valence-corrected chi connectivity index (χ4v) is 5.25. The Kier molecular flexibility index (Phi) is 10.8. The minimum Gasteiger partial charge on any atom is -0.450 e. The SMILES string of the molecule is C[Si](C)(C)CCOCn1cc(C(F)(F)F)c2c(Oc3c(F)cc(NC(=O)NCC(O)CN4CCOCC4)cc3F)ccnc21. The molecule has 16 heteroatoms. The molecule has 0 radical (unpaired) electrons. The summed E-state index contributed by atoms with van der Waals surface area (Å²) in [4.78, 5) is 18.3. The maximum absolute atomic E-state index is 15.0. The Morgan fingerprint density at radius 2 is 1.86 bits per heavy atom. The van der Waals surface area contributed by atoms with Gasteiger partial charge in [-0.3, -0.25) is 4.90 Å². The van der Waals surface area contributed by atoms with Gasteiger partial charge in [0, 0.05) is 71.1 Å². The summed E-state index contributed by atoms with van der Waals surface area (Å²) in [7, 11) is -1.43. The molecular formula is C28H36F5N5O5Si. The summed E-state index contributed by atoms with van der Waals surface area (Å²) >= 11 is 0. The highest BCUT2D eigenvalue weighted by molar-refractivity contribution is 6.76. The summed E-state index contributed by atoms with van der Waals surface area (Å²) < 4.78 is 89.4. The number of amides is 2. The molecule has 0 bridgehead atoms. The van der Waals surface area contributed by atoms with E-state index in [9.17, 15) is 23.1 Å². The van der Waals surface area contributed by atoms with E-state index in [1.54, 1.807) is 0 Å². The first kappa shape index (κ1) is 33.6. The zero-order valence-electron chi connectivity index (χ0n) is 24.6. The molecular weight excluding hydrogens is 609 g/mol. The zero-order valence-corrected chi connectivity index (χ0v) is 25.6. The first-order chi connectivity index (χ1) is 20.7. The monoisotopic (exact) mass is 645 g/mol. The predicted molar refractivity (Wildman–Crippen MR) is 156 cm³/mol. The highest BCUT2D eigenvalue weighted by Gasteiger charge is 2.37. The number of morpholine rings is 1. The van der Waals surface area contributed by atoms with Crippen LogP contribution in [-0.2, 0) is 22.4 Å². The van der Waals surface area contributed by atoms with Gasteiger partial charge in [-0.2, -0.15) is 13.2 Å². The van der Waals surface area contributed by atoms with E-state index in [1.165, 1.54) is 10.8 Å². The molecule has 0 spiro atoms. The van der Waals surface area contributed by atoms with Gasteiger partial charge in [-0.25, -0.2) is 18.6 Å². The molecule has 10 nitrogen and oxygen atoms in total. The summed E-state index contributed by atoms with van der Waals surface area (Å²) in [6.07, 6.45) is -3.71. The third-order valence-corrected chi connectivity index (χ3v) is 8.49. The van der Waals surface area contributed by atoms with Gasteiger partial charge in [0.2, 0.25) is 0 Å². The number of aliphatic hydroxyl groups excluding tert-OH is 1. The lowest BCUT2D eigenvalue weighted by molar-refractivity contribution is -0.136. The number of fused-ring (bicyclic) bond motifs is 1. The molecule has 1 aliphatic heterocycles. The molecule has 242 valence electrons. The van der Waals surface area contributed by atoms with E-state index in [0.29, 0.717) is 39.5 Å². The first-order valence-electron chi connectivity index (χ1n) is 14.0. The Balaban J connectivity index is 1.46. The van der Waals surface area contributed by atoms with Crippen molar-refractivity contribution in [2.75, 3.05) is 51.3 Å². The van der Waals surface area contributed by atoms with Gasteiger partial charge in [-0.1, -0.05) is 19.6 Å². The van der Waals surface area contributed by atoms with Crippen molar-refractivity contribution < 1.29 is 46.1 Å². The van der Waals surface area contributed by atoms with Gasteiger partial charge in [0.15, 0.2) is 17.4 Å². The lowest BCUT2D eigenvalue weighted by Gasteiger charge is -2.28. The van der Waals surface area contributed by atoms with Crippen LogP contribution in [0.15, 0.2) is 30.6 Å². The van der Waals surface area contributed by atoms with Gasteiger partial charge in [-0.15, -0.1) is 0 Å². The number of ether oxygens (including phenoxy) is 3. The molecule has 1 fully saturated rings. The molecule has 3 aromatic rings. The number of benzene rings is 1. The molecule has 1 aromatic carbocycles. The minimum absolute atomic E-state index is 0.113. The van der Waals surface area contributed by atoms with Crippen molar-refractivity contribution in [3.8, 4) is 11.5 Å². The minimum atomic E-state index is -4.82. The van der Waals surface area contributed by atoms with Crippen LogP contribution in [-0.4, -0.2) is 85.8 Å². The van der Waals surface area contributed by atoms with Crippen LogP contribution < -0.4 is 15.4 Å². The van der Waals surface area contributed by atoms with Crippen molar-refractivity contribution in [1.82, 2.24) is 19.8 Å². The summed E-state index contributed by atoms with van der Waals surface area (Å²) in [5.41, 5.74) is -1.50. The normalized spacial score (nSPS) is 15.4. The molecule has 0 aliphatic carbocycles. The molecule has 3 N–H and O–H groups in total. The van der Waals surface area contributed by atoms with Gasteiger partial charge in [0.1, 0.15) is 18.1 Å². The number of β-amino-alcohol motifs (C(OH)–C–C–N with tert-alkyl or cyclic N) is 1. The van der Waals surface area contributed by atoms with Gasteiger partial charge < -0.3 is 34.5 Å². The smallest absolute Gasteiger partial charge is 0.418 e. The lowest BCUT2D eigenvalue weighted by Crippen LogP contribution is -2.45. The van der Waals surface area contributed by atoms with Crippen molar-refractivity contribution >= 4 is 30.8 Å². The third kappa shape index (κ3) is 9.10. The molecule has 44 heavy (non-hydrogen) atoms. The number of aromatic nitrogens is 2. The fraction of sp³-hybridized carbons (Fsp3) is 0.500. The summed E-state index contributed by atoms with van der Waals surface area (Å²) in [6.45, 7) is 9.18. The molecule has 2 aromatic heterocycles. The van der Waals surface area contributed by atoms with Crippen LogP contribution >= 0.6 is 0 Å². The van der Waals surface area contributed by atoms with Crippen LogP contribution in [0.25, 0.3) is 11.0 Å². The van der Waals surface area contributed by atoms with E-state index < -0.39 is 60.5 Å². The predicted octanol–water partition coefficient (Wildman–Crippen LogP) is 5.25. The van der Waals surface area contributed by atoms with Crippen LogP contribution in [0.5, 0.6) is 11.5 Å². The maximum atomic E-state index is 15.0. The Morgan fingerprint density at radius 3 is 2.50 bits per heavy atom. The highest BCUT2D eigenvalue weighted by Crippen LogP contribution is 2.42. The standard InChI is InChI=1S/C28H36F5N5O5Si/c1-44(2,3)11-10-42-17-38-16-20(28(31,32)33)24-23(4-5-34-26(24)38)43-25-21(29)12-18(13-22(25)30)36-27(40)35-14-19(39)15-37-6-8-41-9-7-37/h4-5,12-13,16,19,39H,6-11,14-15,17H2,1-3H3,(H2,35,36,40). The summed E-state index contributed by atoms with van der Waals surface area (Å²) in [6, 6.07) is 2.60. The Hall–Kier alpha value is -3.31. The zero-order chi connectivity index (χ0) is 32.1. The van der Waals surface area contributed by atoms with E-state index in [1.807, 2.05) is 4.90 Å². The van der Waals surface area contributed by atoms with Crippen LogP contribution in [0.3, 0.4) is 0 Å². The van der Waals surface area contributed by atoms with Gasteiger partial charge in [0.25, 0.3) is 0 Å². The van der Waals surface area contributed by atoms with Crippen molar-refractivity contribution in [2.45, 2.75) is 44.7 Å². The van der Waals surface area contributed by atoms with Crippen molar-refractivity contribution in [3.05, 3.63) is 47.8 Å². The summed E-state index contributed by atoms with van der Waals surface area (Å²) in [5, 5.41) is 14.4. The molecule has 1 atom stereocenters. The molecule has 1 saturated heterocycles. The van der Waals surface area contributed by atoms with E-state index in [2.05, 4.69) is 35.3 Å². The number of rotatable bonds is 12. The lowest BCUT2D eigenvalue weighted by atomic mass is 10.2. The fourth-order valence-electron chi connectivity index (χ4n) is 4.50. The number of nitrogens with zero attached hydrogens (tertiary/aromatic N) is 3. The Bertz CT molecular complexity index is 1420. The molecule has 1 unspecified atom stereocenters. The number of pyridine rings is 1. The Morgan fingerprint density at radius 1 is 1.18 bits per heavy atom. The van der Waals surface area contributed by atoms with Crippen LogP contribution in [0.1, 0.15) is 5.56 Å². The van der Waals surface area contributed by atoms with E-state index in [4.69, 9.17) is 14.2 Å². The number of alkyl halides is 3. The molecule has 4 rings (SSSR count). The number of hydrogen-bond acceptors (Lipinski definition) is 7. The topological polar surface area (TPSA) is 110 Å². The Labute approximate surface area is 252 Å². The van der Waals surface area contributed by atoms with E-state index in [-0.39, 0.29) is 24.6 Å². The second kappa shape index (κ2) is 14.2. The molecule has 0 saturated carbocycles. The number of carbonyl (C=O) groups excluding carboxylic acids is 1. The number of urea groups is 1. The van der Waals surface area contributed by atoms with Crippen molar-refractivity contribution in [2.24, 2.45) is 0 Å². The van der Waals surface area contributed by atoms with Crippen molar-refractivity contribution in [1.29, 1.82) is 0 Å². The summed E-state index contributed by atoms with van der Waals surface area (Å²) in [5.74, 6) is -3.95. The number of anilines is 1. The van der Waals surface area contributed by atoms with Crippen LogP contribution in [0.2, 0.25) is 25.7 Å². The number of aliphatic hydroxyl groups is 1. The van der Waals surface area contributed by atoms with Gasteiger partial charge in [-0.05, 0) is 12.1 Å². The van der Waals surface area contributed by atoms with Gasteiger partial charge in [0.05, 0.1) is 30.3 Å². The van der Waals surface area contributed by atoms with E-state index >= 15 is 8.78 Å². The largest absolute Gasteiger partial charge is 0.450 e. The highest BCUT2D eigenvalue weighted by atomic mass is 28.3. The van der Waals surface area contributed by atoms with Crippen LogP contribution in [0.4, 0.5) is 32.4 Å².